The summed E-state index contributed by atoms with van der Waals surface area (Å²) in [6.45, 7) is 1.20. The van der Waals surface area contributed by atoms with Crippen LogP contribution in [0.15, 0.2) is 6.07 Å². The van der Waals surface area contributed by atoms with Gasteiger partial charge in [-0.15, -0.1) is 11.3 Å². The Hall–Kier alpha value is -0.330. The van der Waals surface area contributed by atoms with E-state index in [0.717, 1.165) is 0 Å². The van der Waals surface area contributed by atoms with E-state index in [0.29, 0.717) is 33.9 Å². The molecule has 4 nitrogen and oxygen atoms in total. The van der Waals surface area contributed by atoms with Gasteiger partial charge < -0.3 is 14.7 Å². The van der Waals surface area contributed by atoms with Crippen LogP contribution in [0.3, 0.4) is 0 Å². The van der Waals surface area contributed by atoms with E-state index in [1.54, 1.807) is 11.0 Å². The van der Waals surface area contributed by atoms with Crippen molar-refractivity contribution in [2.75, 3.05) is 26.3 Å². The minimum absolute atomic E-state index is 0.0953. The maximum absolute atomic E-state index is 12.1. The first kappa shape index (κ1) is 13.1. The van der Waals surface area contributed by atoms with Crippen molar-refractivity contribution in [3.63, 3.8) is 0 Å². The normalized spacial score (nSPS) is 20.6. The van der Waals surface area contributed by atoms with Gasteiger partial charge >= 0.3 is 0 Å². The lowest BCUT2D eigenvalue weighted by molar-refractivity contribution is -0.0447. The standard InChI is InChI=1S/C10H11Cl2NO3S/c11-8-3-7(9(12)17-8)10(15)13-1-2-16-6(4-13)5-14/h3,6,14H,1-2,4-5H2. The van der Waals surface area contributed by atoms with Crippen molar-refractivity contribution in [1.29, 1.82) is 0 Å². The lowest BCUT2D eigenvalue weighted by Gasteiger charge is -2.31. The number of thiophene rings is 1. The van der Waals surface area contributed by atoms with Crippen molar-refractivity contribution >= 4 is 40.4 Å². The number of carbonyl (C=O) groups excluding carboxylic acids is 1. The van der Waals surface area contributed by atoms with Crippen LogP contribution >= 0.6 is 34.5 Å². The lowest BCUT2D eigenvalue weighted by Crippen LogP contribution is -2.46. The molecule has 0 bridgehead atoms. The number of morpholine rings is 1. The van der Waals surface area contributed by atoms with E-state index >= 15 is 0 Å². The summed E-state index contributed by atoms with van der Waals surface area (Å²) in [4.78, 5) is 13.8. The van der Waals surface area contributed by atoms with Crippen molar-refractivity contribution < 1.29 is 14.6 Å². The van der Waals surface area contributed by atoms with E-state index in [4.69, 9.17) is 33.0 Å². The van der Waals surface area contributed by atoms with E-state index in [1.165, 1.54) is 11.3 Å². The Morgan fingerprint density at radius 3 is 3.00 bits per heavy atom. The van der Waals surface area contributed by atoms with Crippen LogP contribution < -0.4 is 0 Å². The smallest absolute Gasteiger partial charge is 0.256 e. The second-order valence-corrected chi connectivity index (χ2v) is 5.95. The number of ether oxygens (including phenoxy) is 1. The second kappa shape index (κ2) is 5.54. The minimum Gasteiger partial charge on any atom is -0.394 e. The first-order valence-electron chi connectivity index (χ1n) is 5.08. The first-order chi connectivity index (χ1) is 8.11. The van der Waals surface area contributed by atoms with Crippen LogP contribution in [0.1, 0.15) is 10.4 Å². The van der Waals surface area contributed by atoms with Gasteiger partial charge in [0.1, 0.15) is 4.34 Å². The van der Waals surface area contributed by atoms with Crippen LogP contribution in [0, 0.1) is 0 Å². The predicted octanol–water partition coefficient (Wildman–Crippen LogP) is 1.89. The molecule has 1 amide bonds. The highest BCUT2D eigenvalue weighted by atomic mass is 35.5. The van der Waals surface area contributed by atoms with E-state index in [9.17, 15) is 4.79 Å². The molecule has 7 heteroatoms. The van der Waals surface area contributed by atoms with Gasteiger partial charge in [-0.1, -0.05) is 23.2 Å². The monoisotopic (exact) mass is 295 g/mol. The topological polar surface area (TPSA) is 49.8 Å². The molecule has 1 unspecified atom stereocenters. The van der Waals surface area contributed by atoms with Gasteiger partial charge in [0.25, 0.3) is 5.91 Å². The van der Waals surface area contributed by atoms with Crippen molar-refractivity contribution in [3.05, 3.63) is 20.3 Å². The van der Waals surface area contributed by atoms with E-state index in [1.807, 2.05) is 0 Å². The largest absolute Gasteiger partial charge is 0.394 e. The van der Waals surface area contributed by atoms with Crippen molar-refractivity contribution in [2.45, 2.75) is 6.10 Å². The summed E-state index contributed by atoms with van der Waals surface area (Å²) < 4.78 is 6.16. The number of halogens is 2. The molecule has 17 heavy (non-hydrogen) atoms. The molecule has 1 saturated heterocycles. The average molecular weight is 296 g/mol. The molecule has 2 heterocycles. The molecule has 1 aliphatic rings. The quantitative estimate of drug-likeness (QED) is 0.906. The van der Waals surface area contributed by atoms with Crippen LogP contribution in [-0.2, 0) is 4.74 Å². The Balaban J connectivity index is 2.12. The number of carbonyl (C=O) groups is 1. The molecule has 1 fully saturated rings. The van der Waals surface area contributed by atoms with Gasteiger partial charge in [0, 0.05) is 13.1 Å². The van der Waals surface area contributed by atoms with Gasteiger partial charge in [0.05, 0.1) is 29.2 Å². The van der Waals surface area contributed by atoms with Crippen LogP contribution in [0.2, 0.25) is 8.67 Å². The Morgan fingerprint density at radius 1 is 1.65 bits per heavy atom. The zero-order valence-electron chi connectivity index (χ0n) is 8.86. The number of aliphatic hydroxyl groups excluding tert-OH is 1. The SMILES string of the molecule is O=C(c1cc(Cl)sc1Cl)N1CCOC(CO)C1. The molecule has 94 valence electrons. The van der Waals surface area contributed by atoms with Crippen molar-refractivity contribution in [3.8, 4) is 0 Å². The fourth-order valence-electron chi connectivity index (χ4n) is 1.67. The summed E-state index contributed by atoms with van der Waals surface area (Å²) in [5, 5.41) is 9.01. The van der Waals surface area contributed by atoms with Gasteiger partial charge in [-0.25, -0.2) is 0 Å². The van der Waals surface area contributed by atoms with E-state index in [-0.39, 0.29) is 18.6 Å². The molecule has 0 saturated carbocycles. The Bertz CT molecular complexity index is 424. The molecule has 2 rings (SSSR count). The van der Waals surface area contributed by atoms with Gasteiger partial charge in [0.2, 0.25) is 0 Å². The Labute approximate surface area is 113 Å². The van der Waals surface area contributed by atoms with E-state index < -0.39 is 0 Å². The fourth-order valence-corrected chi connectivity index (χ4v) is 3.12. The van der Waals surface area contributed by atoms with Crippen molar-refractivity contribution in [2.24, 2.45) is 0 Å². The molecule has 1 atom stereocenters. The summed E-state index contributed by atoms with van der Waals surface area (Å²) in [6, 6.07) is 1.57. The number of rotatable bonds is 2. The molecule has 0 aliphatic carbocycles. The molecule has 0 radical (unpaired) electrons. The van der Waals surface area contributed by atoms with Crippen LogP contribution in [0.25, 0.3) is 0 Å². The molecule has 1 aliphatic heterocycles. The molecule has 1 N–H and O–H groups in total. The van der Waals surface area contributed by atoms with Gasteiger partial charge in [0.15, 0.2) is 0 Å². The summed E-state index contributed by atoms with van der Waals surface area (Å²) in [5.41, 5.74) is 0.417. The van der Waals surface area contributed by atoms with Gasteiger partial charge in [-0.2, -0.15) is 0 Å². The van der Waals surface area contributed by atoms with Crippen LogP contribution in [0.4, 0.5) is 0 Å². The Kier molecular flexibility index (Phi) is 4.27. The third kappa shape index (κ3) is 2.92. The first-order valence-corrected chi connectivity index (χ1v) is 6.65. The number of aliphatic hydroxyl groups is 1. The zero-order valence-corrected chi connectivity index (χ0v) is 11.2. The highest BCUT2D eigenvalue weighted by Gasteiger charge is 2.26. The molecular weight excluding hydrogens is 285 g/mol. The van der Waals surface area contributed by atoms with Gasteiger partial charge in [-0.05, 0) is 6.07 Å². The summed E-state index contributed by atoms with van der Waals surface area (Å²) >= 11 is 12.9. The van der Waals surface area contributed by atoms with E-state index in [2.05, 4.69) is 0 Å². The summed E-state index contributed by atoms with van der Waals surface area (Å²) in [6.07, 6.45) is -0.319. The highest BCUT2D eigenvalue weighted by molar-refractivity contribution is 7.20. The predicted molar refractivity (Wildman–Crippen MR) is 67.1 cm³/mol. The molecule has 1 aromatic heterocycles. The number of nitrogens with zero attached hydrogens (tertiary/aromatic N) is 1. The Morgan fingerprint density at radius 2 is 2.41 bits per heavy atom. The maximum atomic E-state index is 12.1. The second-order valence-electron chi connectivity index (χ2n) is 3.66. The van der Waals surface area contributed by atoms with Crippen molar-refractivity contribution in [1.82, 2.24) is 4.90 Å². The third-order valence-corrected chi connectivity index (χ3v) is 4.00. The minimum atomic E-state index is -0.319. The highest BCUT2D eigenvalue weighted by Crippen LogP contribution is 2.32. The van der Waals surface area contributed by atoms with Crippen LogP contribution in [0.5, 0.6) is 0 Å². The molecule has 0 spiro atoms. The summed E-state index contributed by atoms with van der Waals surface area (Å²) in [5.74, 6) is -0.167. The number of hydrogen-bond donors (Lipinski definition) is 1. The third-order valence-electron chi connectivity index (χ3n) is 2.52. The lowest BCUT2D eigenvalue weighted by atomic mass is 10.2. The summed E-state index contributed by atoms with van der Waals surface area (Å²) in [7, 11) is 0. The van der Waals surface area contributed by atoms with Crippen LogP contribution in [-0.4, -0.2) is 48.3 Å². The fraction of sp³-hybridized carbons (Fsp3) is 0.500. The number of amides is 1. The molecule has 1 aromatic rings. The average Bonchev–Trinajstić information content (AvgIpc) is 2.67. The zero-order chi connectivity index (χ0) is 12.4. The maximum Gasteiger partial charge on any atom is 0.256 e. The molecular formula is C10H11Cl2NO3S. The van der Waals surface area contributed by atoms with Gasteiger partial charge in [-0.3, -0.25) is 4.79 Å². The molecule has 0 aromatic carbocycles. The number of hydrogen-bond acceptors (Lipinski definition) is 4.